The summed E-state index contributed by atoms with van der Waals surface area (Å²) in [5, 5.41) is 0.627. The molecule has 0 aliphatic carbocycles. The van der Waals surface area contributed by atoms with Crippen LogP contribution < -0.4 is 0 Å². The van der Waals surface area contributed by atoms with Crippen LogP contribution in [0, 0.1) is 0 Å². The first-order chi connectivity index (χ1) is 19.8. The van der Waals surface area contributed by atoms with Crippen LogP contribution in [0.2, 0.25) is 0 Å². The van der Waals surface area contributed by atoms with E-state index in [-0.39, 0.29) is 21.1 Å². The van der Waals surface area contributed by atoms with Gasteiger partial charge in [-0.3, -0.25) is 0 Å². The van der Waals surface area contributed by atoms with Crippen molar-refractivity contribution in [2.24, 2.45) is 0 Å². The molecular weight excluding hydrogens is 674 g/mol. The summed E-state index contributed by atoms with van der Waals surface area (Å²) < 4.78 is 119. The number of ether oxygens (including phenoxy) is 1. The lowest BCUT2D eigenvalue weighted by Gasteiger charge is -2.42. The van der Waals surface area contributed by atoms with Crippen LogP contribution in [-0.2, 0) is 23.3 Å². The molecule has 5 nitrogen and oxygen atoms in total. The van der Waals surface area contributed by atoms with E-state index in [0.29, 0.717) is 24.6 Å². The van der Waals surface area contributed by atoms with Gasteiger partial charge in [-0.15, -0.1) is 0 Å². The van der Waals surface area contributed by atoms with Crippen LogP contribution in [-0.4, -0.2) is 43.4 Å². The van der Waals surface area contributed by atoms with Crippen LogP contribution in [0.5, 0.6) is 0 Å². The Balaban J connectivity index is 2.28. The summed E-state index contributed by atoms with van der Waals surface area (Å²) in [4.78, 5) is 12.8. The Bertz CT molecular complexity index is 1290. The van der Waals surface area contributed by atoms with Gasteiger partial charge in [0.2, 0.25) is 0 Å². The van der Waals surface area contributed by atoms with Crippen molar-refractivity contribution < 1.29 is 47.9 Å². The van der Waals surface area contributed by atoms with Crippen LogP contribution in [0.3, 0.4) is 0 Å². The van der Waals surface area contributed by atoms with E-state index in [9.17, 15) is 39.6 Å². The highest BCUT2D eigenvalue weighted by atomic mass is 79.9. The van der Waals surface area contributed by atoms with Crippen LogP contribution in [0.4, 0.5) is 26.3 Å². The maximum Gasteiger partial charge on any atom is 0.430 e. The van der Waals surface area contributed by atoms with Gasteiger partial charge in [0, 0.05) is 20.0 Å². The van der Waals surface area contributed by atoms with Gasteiger partial charge in [-0.25, -0.2) is 8.42 Å². The molecule has 14 heteroatoms. The van der Waals surface area contributed by atoms with E-state index >= 15 is 0 Å². The molecule has 0 N–H and O–H groups in total. The standard InChI is InChI=1S/C28H27BrF6O5S2/c29-20-12-1-2-13-21-39-25(36)26(27(30,31)32,28(33,34)35)42(37,38)40-41(22-14-6-3-7-15-22,23-16-8-4-9-17-23)24-18-10-5-11-19-24/h3-11,14-19H,1-2,12-13,20-21H2. The summed E-state index contributed by atoms with van der Waals surface area (Å²) in [7, 11) is -10.8. The average Bonchev–Trinajstić information content (AvgIpc) is 2.93. The summed E-state index contributed by atoms with van der Waals surface area (Å²) in [5.74, 6) is -3.02. The van der Waals surface area contributed by atoms with Gasteiger partial charge in [0.15, 0.2) is 0 Å². The van der Waals surface area contributed by atoms with Gasteiger partial charge in [0.05, 0.1) is 6.61 Å². The fraction of sp³-hybridized carbons (Fsp3) is 0.321. The number of alkyl halides is 7. The quantitative estimate of drug-likeness (QED) is 0.0773. The van der Waals surface area contributed by atoms with Crippen LogP contribution in [0.15, 0.2) is 106 Å². The number of rotatable bonds is 13. The molecular formula is C28H27BrF6O5S2. The molecule has 0 aromatic heterocycles. The van der Waals surface area contributed by atoms with Crippen molar-refractivity contribution in [1.82, 2.24) is 0 Å². The second-order valence-electron chi connectivity index (χ2n) is 8.93. The molecule has 0 amide bonds. The predicted molar refractivity (Wildman–Crippen MR) is 150 cm³/mol. The lowest BCUT2D eigenvalue weighted by atomic mass is 10.1. The Morgan fingerprint density at radius 2 is 1.02 bits per heavy atom. The summed E-state index contributed by atoms with van der Waals surface area (Å²) in [6.45, 7) is -0.849. The van der Waals surface area contributed by atoms with Crippen molar-refractivity contribution >= 4 is 42.3 Å². The first-order valence-electron chi connectivity index (χ1n) is 12.6. The van der Waals surface area contributed by atoms with E-state index < -0.39 is 50.1 Å². The lowest BCUT2D eigenvalue weighted by molar-refractivity contribution is -0.268. The molecule has 0 aliphatic heterocycles. The van der Waals surface area contributed by atoms with E-state index in [2.05, 4.69) is 20.7 Å². The second-order valence-corrected chi connectivity index (χ2v) is 14.3. The van der Waals surface area contributed by atoms with E-state index in [1.165, 1.54) is 91.0 Å². The van der Waals surface area contributed by atoms with Crippen LogP contribution in [0.25, 0.3) is 0 Å². The molecule has 0 unspecified atom stereocenters. The second kappa shape index (κ2) is 13.8. The average molecular weight is 702 g/mol. The minimum absolute atomic E-state index is 0.0237. The maximum absolute atomic E-state index is 14.6. The van der Waals surface area contributed by atoms with Gasteiger partial charge in [-0.05, 0) is 59.5 Å². The zero-order chi connectivity index (χ0) is 31.1. The highest BCUT2D eigenvalue weighted by Crippen LogP contribution is 2.71. The van der Waals surface area contributed by atoms with E-state index in [1.54, 1.807) is 0 Å². The first kappa shape index (κ1) is 33.9. The summed E-state index contributed by atoms with van der Waals surface area (Å²) >= 11 is 3.19. The molecule has 0 bridgehead atoms. The first-order valence-corrected chi connectivity index (χ1v) is 16.7. The zero-order valence-corrected chi connectivity index (χ0v) is 25.1. The smallest absolute Gasteiger partial charge is 0.430 e. The van der Waals surface area contributed by atoms with E-state index in [4.69, 9.17) is 3.63 Å². The maximum atomic E-state index is 14.6. The highest BCUT2D eigenvalue weighted by molar-refractivity contribution is 9.09. The Hall–Kier alpha value is -2.55. The summed E-state index contributed by atoms with van der Waals surface area (Å²) in [6.07, 6.45) is -11.9. The van der Waals surface area contributed by atoms with Crippen molar-refractivity contribution in [3.8, 4) is 0 Å². The van der Waals surface area contributed by atoms with Crippen LogP contribution in [0.1, 0.15) is 25.7 Å². The van der Waals surface area contributed by atoms with E-state index in [1.807, 2.05) is 0 Å². The molecule has 0 atom stereocenters. The Kier molecular flexibility index (Phi) is 11.2. The minimum atomic E-state index is -6.95. The summed E-state index contributed by atoms with van der Waals surface area (Å²) in [5.41, 5.74) is 0. The van der Waals surface area contributed by atoms with E-state index in [0.717, 1.165) is 0 Å². The number of carbonyl (C=O) groups excluding carboxylic acids is 1. The Labute approximate surface area is 250 Å². The van der Waals surface area contributed by atoms with Crippen LogP contribution >= 0.6 is 26.2 Å². The summed E-state index contributed by atoms with van der Waals surface area (Å²) in [6, 6.07) is 21.2. The molecule has 0 radical (unpaired) electrons. The minimum Gasteiger partial charge on any atom is -0.464 e. The molecule has 3 rings (SSSR count). The molecule has 0 spiro atoms. The predicted octanol–water partition coefficient (Wildman–Crippen LogP) is 8.59. The number of carbonyl (C=O) groups is 1. The molecule has 3 aromatic carbocycles. The van der Waals surface area contributed by atoms with Gasteiger partial charge >= 0.3 is 33.2 Å². The Morgan fingerprint density at radius 3 is 1.38 bits per heavy atom. The largest absolute Gasteiger partial charge is 0.464 e. The molecule has 3 aromatic rings. The number of unbranched alkanes of at least 4 members (excludes halogenated alkanes) is 3. The van der Waals surface area contributed by atoms with Gasteiger partial charge in [0.25, 0.3) is 0 Å². The number of hydrogen-bond acceptors (Lipinski definition) is 5. The molecule has 0 saturated heterocycles. The van der Waals surface area contributed by atoms with Crippen molar-refractivity contribution in [3.63, 3.8) is 0 Å². The van der Waals surface area contributed by atoms with Crippen molar-refractivity contribution in [2.75, 3.05) is 11.9 Å². The topological polar surface area (TPSA) is 69.7 Å². The SMILES string of the molecule is O=C(OCCCCCCBr)C(C(F)(F)F)(C(F)(F)F)S(=O)(=O)OS(c1ccccc1)(c1ccccc1)c1ccccc1. The third kappa shape index (κ3) is 6.66. The molecule has 0 saturated carbocycles. The van der Waals surface area contributed by atoms with Gasteiger partial charge < -0.3 is 4.74 Å². The van der Waals surface area contributed by atoms with Gasteiger partial charge in [-0.2, -0.15) is 34.8 Å². The third-order valence-corrected chi connectivity index (χ3v) is 12.4. The monoisotopic (exact) mass is 700 g/mol. The number of hydrogen-bond donors (Lipinski definition) is 0. The normalized spacial score (nSPS) is 13.5. The molecule has 0 aliphatic rings. The van der Waals surface area contributed by atoms with Gasteiger partial charge in [-0.1, -0.05) is 83.4 Å². The fourth-order valence-electron chi connectivity index (χ4n) is 4.14. The Morgan fingerprint density at radius 1 is 0.643 bits per heavy atom. The molecule has 0 fully saturated rings. The number of halogens is 7. The van der Waals surface area contributed by atoms with Crippen molar-refractivity contribution in [3.05, 3.63) is 91.0 Å². The zero-order valence-electron chi connectivity index (χ0n) is 21.9. The van der Waals surface area contributed by atoms with Gasteiger partial charge in [0.1, 0.15) is 0 Å². The van der Waals surface area contributed by atoms with Crippen molar-refractivity contribution in [2.45, 2.75) is 57.5 Å². The molecule has 0 heterocycles. The fourth-order valence-corrected chi connectivity index (χ4v) is 10.2. The lowest BCUT2D eigenvalue weighted by Crippen LogP contribution is -2.68. The molecule has 42 heavy (non-hydrogen) atoms. The number of esters is 1. The molecule has 230 valence electrons. The third-order valence-electron chi connectivity index (χ3n) is 6.14. The van der Waals surface area contributed by atoms with Crippen molar-refractivity contribution in [1.29, 1.82) is 0 Å². The highest BCUT2D eigenvalue weighted by Gasteiger charge is 2.86. The number of benzene rings is 3.